The minimum atomic E-state index is -4.49. The van der Waals surface area contributed by atoms with E-state index in [1.165, 1.54) is 6.26 Å². The van der Waals surface area contributed by atoms with Crippen LogP contribution in [0.25, 0.3) is 0 Å². The third kappa shape index (κ3) is 8.96. The van der Waals surface area contributed by atoms with Gasteiger partial charge in [-0.25, -0.2) is 4.99 Å². The Morgan fingerprint density at radius 2 is 1.91 bits per heavy atom. The molecule has 0 saturated carbocycles. The van der Waals surface area contributed by atoms with Crippen molar-refractivity contribution in [2.75, 3.05) is 0 Å². The number of amidine groups is 1. The summed E-state index contributed by atoms with van der Waals surface area (Å²) in [6, 6.07) is 1.76. The Hall–Kier alpha value is -3.36. The summed E-state index contributed by atoms with van der Waals surface area (Å²) in [5, 5.41) is 2.56. The van der Waals surface area contributed by atoms with Crippen LogP contribution in [-0.2, 0) is 22.3 Å². The summed E-state index contributed by atoms with van der Waals surface area (Å²) in [6.07, 6.45) is 4.46. The highest BCUT2D eigenvalue weighted by molar-refractivity contribution is 6.20. The van der Waals surface area contributed by atoms with Gasteiger partial charge in [-0.2, -0.15) is 13.2 Å². The van der Waals surface area contributed by atoms with Gasteiger partial charge in [0.15, 0.2) is 0 Å². The van der Waals surface area contributed by atoms with Crippen LogP contribution < -0.4 is 11.1 Å². The van der Waals surface area contributed by atoms with Gasteiger partial charge in [-0.05, 0) is 57.4 Å². The number of alkyl halides is 3. The molecule has 9 heteroatoms. The SMILES string of the molecule is C/C=C\O/C(=C/CC)C(N=C(N)/C(=C/CC)C(=O)NCc1cc(C(F)(F)F)ccn1)=C(C)C. The predicted octanol–water partition coefficient (Wildman–Crippen LogP) is 5.55. The first-order valence-corrected chi connectivity index (χ1v) is 10.6. The van der Waals surface area contributed by atoms with Crippen molar-refractivity contribution in [2.45, 2.75) is 60.2 Å². The van der Waals surface area contributed by atoms with Crippen molar-refractivity contribution in [3.05, 3.63) is 76.7 Å². The van der Waals surface area contributed by atoms with Crippen LogP contribution in [0.15, 0.2) is 70.4 Å². The van der Waals surface area contributed by atoms with Gasteiger partial charge in [0, 0.05) is 6.20 Å². The van der Waals surface area contributed by atoms with E-state index in [9.17, 15) is 18.0 Å². The van der Waals surface area contributed by atoms with Gasteiger partial charge in [0.2, 0.25) is 0 Å². The molecule has 1 rings (SSSR count). The number of rotatable bonds is 10. The van der Waals surface area contributed by atoms with E-state index in [1.807, 2.05) is 40.7 Å². The number of hydrogen-bond acceptors (Lipinski definition) is 4. The molecular formula is C24H31F3N4O2. The number of amides is 1. The van der Waals surface area contributed by atoms with Crippen LogP contribution in [0.4, 0.5) is 13.2 Å². The van der Waals surface area contributed by atoms with E-state index in [0.717, 1.165) is 23.9 Å². The van der Waals surface area contributed by atoms with Gasteiger partial charge in [-0.15, -0.1) is 0 Å². The van der Waals surface area contributed by atoms with Gasteiger partial charge in [0.05, 0.1) is 29.6 Å². The Balaban J connectivity index is 3.17. The molecular weight excluding hydrogens is 433 g/mol. The zero-order valence-electron chi connectivity index (χ0n) is 19.6. The topological polar surface area (TPSA) is 89.6 Å². The minimum Gasteiger partial charge on any atom is -0.463 e. The van der Waals surface area contributed by atoms with E-state index in [-0.39, 0.29) is 23.6 Å². The number of halogens is 3. The molecule has 180 valence electrons. The molecule has 1 aromatic heterocycles. The molecule has 0 unspecified atom stereocenters. The Labute approximate surface area is 192 Å². The second-order valence-electron chi connectivity index (χ2n) is 7.15. The molecule has 1 heterocycles. The Morgan fingerprint density at radius 1 is 1.24 bits per heavy atom. The average Bonchev–Trinajstić information content (AvgIpc) is 2.76. The fraction of sp³-hybridized carbons (Fsp3) is 0.375. The van der Waals surface area contributed by atoms with E-state index in [2.05, 4.69) is 15.3 Å². The molecule has 0 bridgehead atoms. The normalized spacial score (nSPS) is 13.3. The van der Waals surface area contributed by atoms with Crippen LogP contribution >= 0.6 is 0 Å². The van der Waals surface area contributed by atoms with Crippen LogP contribution in [0.5, 0.6) is 0 Å². The molecule has 33 heavy (non-hydrogen) atoms. The number of hydrogen-bond donors (Lipinski definition) is 2. The number of aromatic nitrogens is 1. The summed E-state index contributed by atoms with van der Waals surface area (Å²) in [5.41, 5.74) is 6.84. The van der Waals surface area contributed by atoms with Crippen molar-refractivity contribution < 1.29 is 22.7 Å². The van der Waals surface area contributed by atoms with Crippen LogP contribution in [0.1, 0.15) is 58.7 Å². The highest BCUT2D eigenvalue weighted by Gasteiger charge is 2.30. The fourth-order valence-electron chi connectivity index (χ4n) is 2.66. The Bertz CT molecular complexity index is 970. The van der Waals surface area contributed by atoms with Gasteiger partial charge in [0.25, 0.3) is 5.91 Å². The number of pyridine rings is 1. The minimum absolute atomic E-state index is 0.0337. The summed E-state index contributed by atoms with van der Waals surface area (Å²) in [7, 11) is 0. The third-order valence-corrected chi connectivity index (χ3v) is 4.16. The standard InChI is InChI=1S/C24H31F3N4O2/c1-6-9-19(22(28)31-21(16(4)5)20(10-7-2)33-13-8-3)23(32)30-15-18-14-17(11-12-29-18)24(25,26)27/h8-14H,6-7,15H2,1-5H3,(H2,28,31)(H,30,32)/b13-8-,19-9-,20-10+. The largest absolute Gasteiger partial charge is 0.463 e. The molecule has 0 aliphatic rings. The van der Waals surface area contributed by atoms with E-state index in [4.69, 9.17) is 10.5 Å². The molecule has 1 amide bonds. The van der Waals surface area contributed by atoms with Crippen LogP contribution in [0.2, 0.25) is 0 Å². The van der Waals surface area contributed by atoms with Crippen LogP contribution in [0, 0.1) is 0 Å². The molecule has 0 aliphatic carbocycles. The Kier molecular flexibility index (Phi) is 11.1. The van der Waals surface area contributed by atoms with E-state index in [1.54, 1.807) is 12.2 Å². The van der Waals surface area contributed by atoms with Gasteiger partial charge < -0.3 is 15.8 Å². The number of carbonyl (C=O) groups is 1. The summed E-state index contributed by atoms with van der Waals surface area (Å²) >= 11 is 0. The first kappa shape index (κ1) is 27.7. The average molecular weight is 465 g/mol. The van der Waals surface area contributed by atoms with Crippen molar-refractivity contribution in [3.8, 4) is 0 Å². The van der Waals surface area contributed by atoms with Crippen molar-refractivity contribution in [2.24, 2.45) is 10.7 Å². The van der Waals surface area contributed by atoms with Gasteiger partial charge in [0.1, 0.15) is 17.3 Å². The Morgan fingerprint density at radius 3 is 2.45 bits per heavy atom. The van der Waals surface area contributed by atoms with E-state index in [0.29, 0.717) is 24.3 Å². The smallest absolute Gasteiger partial charge is 0.416 e. The maximum atomic E-state index is 12.9. The second-order valence-corrected chi connectivity index (χ2v) is 7.15. The molecule has 3 N–H and O–H groups in total. The molecule has 0 atom stereocenters. The van der Waals surface area contributed by atoms with Crippen LogP contribution in [-0.4, -0.2) is 16.7 Å². The molecule has 0 spiro atoms. The summed E-state index contributed by atoms with van der Waals surface area (Å²) < 4.78 is 44.4. The van der Waals surface area contributed by atoms with Crippen molar-refractivity contribution in [1.29, 1.82) is 0 Å². The lowest BCUT2D eigenvalue weighted by Gasteiger charge is -2.13. The zero-order chi connectivity index (χ0) is 25.0. The number of nitrogens with zero attached hydrogens (tertiary/aromatic N) is 2. The number of nitrogens with two attached hydrogens (primary N) is 1. The first-order chi connectivity index (χ1) is 15.5. The molecule has 6 nitrogen and oxygen atoms in total. The lowest BCUT2D eigenvalue weighted by molar-refractivity contribution is -0.137. The molecule has 1 aromatic rings. The maximum Gasteiger partial charge on any atom is 0.416 e. The molecule has 0 radical (unpaired) electrons. The quantitative estimate of drug-likeness (QED) is 0.156. The van der Waals surface area contributed by atoms with Crippen LogP contribution in [0.3, 0.4) is 0 Å². The number of carbonyl (C=O) groups excluding carboxylic acids is 1. The second kappa shape index (κ2) is 13.2. The van der Waals surface area contributed by atoms with Crippen molar-refractivity contribution in [3.63, 3.8) is 0 Å². The number of ether oxygens (including phenoxy) is 1. The third-order valence-electron chi connectivity index (χ3n) is 4.16. The fourth-order valence-corrected chi connectivity index (χ4v) is 2.66. The number of aliphatic imine (C=N–C) groups is 1. The number of allylic oxidation sites excluding steroid dienone is 4. The van der Waals surface area contributed by atoms with E-state index >= 15 is 0 Å². The van der Waals surface area contributed by atoms with Gasteiger partial charge in [-0.1, -0.05) is 26.0 Å². The number of nitrogens with one attached hydrogen (secondary N) is 1. The van der Waals surface area contributed by atoms with Gasteiger partial charge >= 0.3 is 6.18 Å². The molecule has 0 saturated heterocycles. The zero-order valence-corrected chi connectivity index (χ0v) is 19.6. The summed E-state index contributed by atoms with van der Waals surface area (Å²) in [6.45, 7) is 9.09. The van der Waals surface area contributed by atoms with Crippen molar-refractivity contribution >= 4 is 11.7 Å². The maximum absolute atomic E-state index is 12.9. The lowest BCUT2D eigenvalue weighted by atomic mass is 10.1. The van der Waals surface area contributed by atoms with Gasteiger partial charge in [-0.3, -0.25) is 9.78 Å². The lowest BCUT2D eigenvalue weighted by Crippen LogP contribution is -2.32. The highest BCUT2D eigenvalue weighted by atomic mass is 19.4. The summed E-state index contributed by atoms with van der Waals surface area (Å²) in [5.74, 6) is -0.0996. The monoisotopic (exact) mass is 464 g/mol. The molecule has 0 aromatic carbocycles. The molecule has 0 aliphatic heterocycles. The first-order valence-electron chi connectivity index (χ1n) is 10.6. The summed E-state index contributed by atoms with van der Waals surface area (Å²) in [4.78, 5) is 21.1. The predicted molar refractivity (Wildman–Crippen MR) is 124 cm³/mol. The molecule has 0 fully saturated rings. The highest BCUT2D eigenvalue weighted by Crippen LogP contribution is 2.29. The van der Waals surface area contributed by atoms with E-state index < -0.39 is 17.6 Å². The van der Waals surface area contributed by atoms with Crippen molar-refractivity contribution in [1.82, 2.24) is 10.3 Å².